The highest BCUT2D eigenvalue weighted by atomic mass is 16.5. The number of hydrogen-bond donors (Lipinski definition) is 2. The number of aliphatic hydroxyl groups excluding tert-OH is 2. The summed E-state index contributed by atoms with van der Waals surface area (Å²) in [4.78, 5) is 0. The van der Waals surface area contributed by atoms with Gasteiger partial charge in [0.25, 0.3) is 0 Å². The maximum Gasteiger partial charge on any atom is 0.0839 e. The quantitative estimate of drug-likeness (QED) is 0.604. The van der Waals surface area contributed by atoms with Crippen molar-refractivity contribution in [1.82, 2.24) is 0 Å². The van der Waals surface area contributed by atoms with Crippen molar-refractivity contribution in [1.29, 1.82) is 0 Å². The molecule has 0 bridgehead atoms. The van der Waals surface area contributed by atoms with E-state index in [-0.39, 0.29) is 24.7 Å². The van der Waals surface area contributed by atoms with Crippen molar-refractivity contribution in [2.45, 2.75) is 38.6 Å². The summed E-state index contributed by atoms with van der Waals surface area (Å²) in [5, 5.41) is 18.1. The molecule has 1 fully saturated rings. The SMILES string of the molecule is CC(O)C1CC(CO)C(C)O1. The molecule has 0 aromatic rings. The van der Waals surface area contributed by atoms with Crippen LogP contribution in [0.4, 0.5) is 0 Å². The molecule has 1 heterocycles. The van der Waals surface area contributed by atoms with Gasteiger partial charge in [0, 0.05) is 12.5 Å². The van der Waals surface area contributed by atoms with Crippen LogP contribution in [0.5, 0.6) is 0 Å². The third-order valence-corrected chi connectivity index (χ3v) is 2.36. The van der Waals surface area contributed by atoms with Gasteiger partial charge in [0.15, 0.2) is 0 Å². The van der Waals surface area contributed by atoms with Gasteiger partial charge in [-0.2, -0.15) is 0 Å². The molecule has 2 N–H and O–H groups in total. The van der Waals surface area contributed by atoms with Gasteiger partial charge in [-0.15, -0.1) is 0 Å². The standard InChI is InChI=1S/C8H16O3/c1-5(10)8-3-7(4-9)6(2)11-8/h5-10H,3-4H2,1-2H3. The first-order chi connectivity index (χ1) is 5.15. The molecular weight excluding hydrogens is 144 g/mol. The van der Waals surface area contributed by atoms with Crippen molar-refractivity contribution in [2.24, 2.45) is 5.92 Å². The summed E-state index contributed by atoms with van der Waals surface area (Å²) in [6.45, 7) is 3.81. The minimum Gasteiger partial charge on any atom is -0.396 e. The van der Waals surface area contributed by atoms with Gasteiger partial charge in [0.1, 0.15) is 0 Å². The molecule has 1 aliphatic rings. The Morgan fingerprint density at radius 1 is 1.64 bits per heavy atom. The number of hydrogen-bond acceptors (Lipinski definition) is 3. The second kappa shape index (κ2) is 3.52. The summed E-state index contributed by atoms with van der Waals surface area (Å²) >= 11 is 0. The molecule has 0 radical (unpaired) electrons. The number of rotatable bonds is 2. The van der Waals surface area contributed by atoms with Gasteiger partial charge in [0.2, 0.25) is 0 Å². The van der Waals surface area contributed by atoms with Crippen LogP contribution in [0.15, 0.2) is 0 Å². The second-order valence-corrected chi connectivity index (χ2v) is 3.30. The molecule has 0 aliphatic carbocycles. The van der Waals surface area contributed by atoms with Gasteiger partial charge in [-0.05, 0) is 20.3 Å². The highest BCUT2D eigenvalue weighted by Crippen LogP contribution is 2.27. The van der Waals surface area contributed by atoms with E-state index in [9.17, 15) is 5.11 Å². The Balaban J connectivity index is 2.43. The topological polar surface area (TPSA) is 49.7 Å². The smallest absolute Gasteiger partial charge is 0.0839 e. The molecule has 1 saturated heterocycles. The maximum absolute atomic E-state index is 9.18. The van der Waals surface area contributed by atoms with E-state index in [4.69, 9.17) is 9.84 Å². The first kappa shape index (κ1) is 8.97. The average molecular weight is 160 g/mol. The fourth-order valence-electron chi connectivity index (χ4n) is 1.47. The predicted octanol–water partition coefficient (Wildman–Crippen LogP) is 0.153. The van der Waals surface area contributed by atoms with Crippen molar-refractivity contribution in [3.63, 3.8) is 0 Å². The van der Waals surface area contributed by atoms with Crippen LogP contribution in [0, 0.1) is 5.92 Å². The molecule has 4 unspecified atom stereocenters. The van der Waals surface area contributed by atoms with Crippen LogP contribution >= 0.6 is 0 Å². The summed E-state index contributed by atoms with van der Waals surface area (Å²) < 4.78 is 5.42. The van der Waals surface area contributed by atoms with Gasteiger partial charge in [0.05, 0.1) is 18.3 Å². The molecule has 4 atom stereocenters. The fraction of sp³-hybridized carbons (Fsp3) is 1.00. The molecule has 0 saturated carbocycles. The molecule has 3 nitrogen and oxygen atoms in total. The van der Waals surface area contributed by atoms with Crippen LogP contribution in [-0.2, 0) is 4.74 Å². The molecule has 0 spiro atoms. The molecule has 0 aromatic carbocycles. The summed E-state index contributed by atoms with van der Waals surface area (Å²) in [7, 11) is 0. The third kappa shape index (κ3) is 1.92. The summed E-state index contributed by atoms with van der Waals surface area (Å²) in [5.74, 6) is 0.203. The van der Waals surface area contributed by atoms with E-state index in [0.29, 0.717) is 0 Å². The number of ether oxygens (including phenoxy) is 1. The Morgan fingerprint density at radius 3 is 2.55 bits per heavy atom. The zero-order chi connectivity index (χ0) is 8.43. The van der Waals surface area contributed by atoms with Crippen molar-refractivity contribution < 1.29 is 14.9 Å². The van der Waals surface area contributed by atoms with Crippen molar-refractivity contribution in [3.8, 4) is 0 Å². The van der Waals surface area contributed by atoms with Gasteiger partial charge in [-0.3, -0.25) is 0 Å². The molecule has 11 heavy (non-hydrogen) atoms. The lowest BCUT2D eigenvalue weighted by molar-refractivity contribution is -0.0254. The minimum absolute atomic E-state index is 0.0813. The molecular formula is C8H16O3. The van der Waals surface area contributed by atoms with Crippen LogP contribution in [-0.4, -0.2) is 35.1 Å². The van der Waals surface area contributed by atoms with E-state index in [1.54, 1.807) is 6.92 Å². The van der Waals surface area contributed by atoms with E-state index in [0.717, 1.165) is 6.42 Å². The van der Waals surface area contributed by atoms with Gasteiger partial charge < -0.3 is 14.9 Å². The van der Waals surface area contributed by atoms with Gasteiger partial charge in [-0.1, -0.05) is 0 Å². The maximum atomic E-state index is 9.18. The van der Waals surface area contributed by atoms with E-state index in [1.807, 2.05) is 6.92 Å². The fourth-order valence-corrected chi connectivity index (χ4v) is 1.47. The zero-order valence-corrected chi connectivity index (χ0v) is 7.03. The van der Waals surface area contributed by atoms with Crippen molar-refractivity contribution in [2.75, 3.05) is 6.61 Å². The van der Waals surface area contributed by atoms with Crippen molar-refractivity contribution >= 4 is 0 Å². The summed E-state index contributed by atoms with van der Waals surface area (Å²) in [6, 6.07) is 0. The molecule has 0 aromatic heterocycles. The van der Waals surface area contributed by atoms with E-state index >= 15 is 0 Å². The first-order valence-corrected chi connectivity index (χ1v) is 4.09. The Morgan fingerprint density at radius 2 is 2.27 bits per heavy atom. The van der Waals surface area contributed by atoms with Crippen LogP contribution in [0.1, 0.15) is 20.3 Å². The first-order valence-electron chi connectivity index (χ1n) is 4.09. The number of aliphatic hydroxyl groups is 2. The third-order valence-electron chi connectivity index (χ3n) is 2.36. The lowest BCUT2D eigenvalue weighted by Crippen LogP contribution is -2.22. The van der Waals surface area contributed by atoms with E-state index < -0.39 is 6.10 Å². The highest BCUT2D eigenvalue weighted by Gasteiger charge is 2.33. The van der Waals surface area contributed by atoms with Crippen LogP contribution in [0.25, 0.3) is 0 Å². The summed E-state index contributed by atoms with van der Waals surface area (Å²) in [6.07, 6.45) is 0.353. The average Bonchev–Trinajstić information content (AvgIpc) is 2.31. The van der Waals surface area contributed by atoms with Crippen LogP contribution in [0.3, 0.4) is 0 Å². The normalized spacial score (nSPS) is 40.9. The van der Waals surface area contributed by atoms with Crippen molar-refractivity contribution in [3.05, 3.63) is 0 Å². The molecule has 1 aliphatic heterocycles. The molecule has 0 amide bonds. The van der Waals surface area contributed by atoms with Gasteiger partial charge in [-0.25, -0.2) is 0 Å². The lowest BCUT2D eigenvalue weighted by atomic mass is 10.00. The zero-order valence-electron chi connectivity index (χ0n) is 7.03. The molecule has 1 rings (SSSR count). The van der Waals surface area contributed by atoms with Crippen LogP contribution in [0.2, 0.25) is 0 Å². The monoisotopic (exact) mass is 160 g/mol. The molecule has 3 heteroatoms. The van der Waals surface area contributed by atoms with E-state index in [2.05, 4.69) is 0 Å². The highest BCUT2D eigenvalue weighted by molar-refractivity contribution is 4.81. The largest absolute Gasteiger partial charge is 0.396 e. The Kier molecular flexibility index (Phi) is 2.87. The predicted molar refractivity (Wildman–Crippen MR) is 41.2 cm³/mol. The van der Waals surface area contributed by atoms with Gasteiger partial charge >= 0.3 is 0 Å². The Hall–Kier alpha value is -0.120. The van der Waals surface area contributed by atoms with Crippen LogP contribution < -0.4 is 0 Å². The second-order valence-electron chi connectivity index (χ2n) is 3.30. The lowest BCUT2D eigenvalue weighted by Gasteiger charge is -2.12. The minimum atomic E-state index is -0.422. The Bertz CT molecular complexity index is 125. The van der Waals surface area contributed by atoms with E-state index in [1.165, 1.54) is 0 Å². The summed E-state index contributed by atoms with van der Waals surface area (Å²) in [5.41, 5.74) is 0. The molecule has 66 valence electrons. The Labute approximate surface area is 67.0 Å².